The number of aliphatic carboxylic acids is 1. The van der Waals surface area contributed by atoms with Crippen molar-refractivity contribution in [3.63, 3.8) is 0 Å². The topological polar surface area (TPSA) is 80.0 Å². The van der Waals surface area contributed by atoms with Crippen LogP contribution < -0.4 is 4.74 Å². The molecule has 1 aromatic heterocycles. The number of furan rings is 1. The molecule has 28 heavy (non-hydrogen) atoms. The molecule has 2 aromatic rings. The molecular formula is C20H19NO5S2. The molecule has 2 heterocycles. The summed E-state index contributed by atoms with van der Waals surface area (Å²) in [4.78, 5) is 25.8. The van der Waals surface area contributed by atoms with Gasteiger partial charge in [-0.05, 0) is 42.8 Å². The summed E-state index contributed by atoms with van der Waals surface area (Å²) >= 11 is 6.33. The number of methoxy groups -OCH3 is 1. The maximum atomic E-state index is 12.7. The summed E-state index contributed by atoms with van der Waals surface area (Å²) < 4.78 is 11.2. The van der Waals surface area contributed by atoms with Crippen LogP contribution >= 0.6 is 24.0 Å². The van der Waals surface area contributed by atoms with E-state index in [9.17, 15) is 14.7 Å². The smallest absolute Gasteiger partial charge is 0.326 e. The summed E-state index contributed by atoms with van der Waals surface area (Å²) in [5.74, 6) is 0.434. The van der Waals surface area contributed by atoms with Crippen molar-refractivity contribution in [3.8, 4) is 17.1 Å². The first-order valence-corrected chi connectivity index (χ1v) is 9.91. The van der Waals surface area contributed by atoms with Gasteiger partial charge < -0.3 is 14.3 Å². The van der Waals surface area contributed by atoms with Gasteiger partial charge >= 0.3 is 5.97 Å². The molecule has 146 valence electrons. The quantitative estimate of drug-likeness (QED) is 0.528. The molecule has 0 saturated carbocycles. The molecule has 6 nitrogen and oxygen atoms in total. The van der Waals surface area contributed by atoms with E-state index in [1.54, 1.807) is 19.3 Å². The van der Waals surface area contributed by atoms with E-state index in [-0.39, 0.29) is 4.32 Å². The van der Waals surface area contributed by atoms with Crippen LogP contribution in [-0.2, 0) is 9.59 Å². The van der Waals surface area contributed by atoms with Gasteiger partial charge in [-0.25, -0.2) is 4.79 Å². The van der Waals surface area contributed by atoms with Gasteiger partial charge in [0.1, 0.15) is 27.6 Å². The molecule has 3 rings (SSSR count). The Hall–Kier alpha value is -2.58. The van der Waals surface area contributed by atoms with Gasteiger partial charge in [0.25, 0.3) is 5.91 Å². The highest BCUT2D eigenvalue weighted by Gasteiger charge is 2.40. The number of ether oxygens (including phenoxy) is 1. The van der Waals surface area contributed by atoms with Crippen LogP contribution in [-0.4, -0.2) is 39.4 Å². The van der Waals surface area contributed by atoms with Crippen molar-refractivity contribution in [2.45, 2.75) is 25.8 Å². The monoisotopic (exact) mass is 417 g/mol. The van der Waals surface area contributed by atoms with Crippen LogP contribution in [0.4, 0.5) is 0 Å². The van der Waals surface area contributed by atoms with Crippen LogP contribution in [0.5, 0.6) is 5.75 Å². The van der Waals surface area contributed by atoms with E-state index < -0.39 is 17.9 Å². The number of hydrogen-bond donors (Lipinski definition) is 1. The first-order chi connectivity index (χ1) is 13.4. The minimum Gasteiger partial charge on any atom is -0.497 e. The van der Waals surface area contributed by atoms with Crippen molar-refractivity contribution in [2.75, 3.05) is 7.11 Å². The second-order valence-electron chi connectivity index (χ2n) is 6.12. The van der Waals surface area contributed by atoms with E-state index >= 15 is 0 Å². The van der Waals surface area contributed by atoms with E-state index in [2.05, 4.69) is 0 Å². The summed E-state index contributed by atoms with van der Waals surface area (Å²) in [5, 5.41) is 9.43. The zero-order valence-corrected chi connectivity index (χ0v) is 17.0. The molecule has 0 bridgehead atoms. The first kappa shape index (κ1) is 20.2. The van der Waals surface area contributed by atoms with Crippen LogP contribution in [0.25, 0.3) is 17.4 Å². The average molecular weight is 418 g/mol. The lowest BCUT2D eigenvalue weighted by atomic mass is 10.1. The summed E-state index contributed by atoms with van der Waals surface area (Å²) in [6, 6.07) is 10.0. The average Bonchev–Trinajstić information content (AvgIpc) is 3.25. The lowest BCUT2D eigenvalue weighted by Crippen LogP contribution is -2.43. The van der Waals surface area contributed by atoms with E-state index in [0.717, 1.165) is 23.1 Å². The first-order valence-electron chi connectivity index (χ1n) is 8.68. The molecule has 1 amide bonds. The fourth-order valence-electron chi connectivity index (χ4n) is 2.85. The fraction of sp³-hybridized carbons (Fsp3) is 0.250. The molecule has 1 fully saturated rings. The van der Waals surface area contributed by atoms with Gasteiger partial charge in [-0.3, -0.25) is 9.69 Å². The van der Waals surface area contributed by atoms with Gasteiger partial charge in [0.2, 0.25) is 0 Å². The van der Waals surface area contributed by atoms with Crippen molar-refractivity contribution in [1.82, 2.24) is 4.90 Å². The number of carboxylic acid groups (broad SMARTS) is 1. The van der Waals surface area contributed by atoms with E-state index in [0.29, 0.717) is 29.3 Å². The Morgan fingerprint density at radius 3 is 2.64 bits per heavy atom. The summed E-state index contributed by atoms with van der Waals surface area (Å²) in [6.07, 6.45) is 2.57. The van der Waals surface area contributed by atoms with Gasteiger partial charge in [0, 0.05) is 11.6 Å². The second kappa shape index (κ2) is 8.62. The van der Waals surface area contributed by atoms with Crippen molar-refractivity contribution < 1.29 is 23.8 Å². The largest absolute Gasteiger partial charge is 0.497 e. The highest BCUT2D eigenvalue weighted by atomic mass is 32.2. The van der Waals surface area contributed by atoms with Crippen LogP contribution in [0.2, 0.25) is 0 Å². The Morgan fingerprint density at radius 1 is 1.32 bits per heavy atom. The lowest BCUT2D eigenvalue weighted by Gasteiger charge is -2.22. The maximum absolute atomic E-state index is 12.7. The van der Waals surface area contributed by atoms with Crippen LogP contribution in [0.3, 0.4) is 0 Å². The number of thiocarbonyl (C=S) groups is 1. The highest BCUT2D eigenvalue weighted by Crippen LogP contribution is 2.35. The summed E-state index contributed by atoms with van der Waals surface area (Å²) in [5.41, 5.74) is 0.877. The number of rotatable bonds is 7. The third-order valence-corrected chi connectivity index (χ3v) is 5.59. The minimum atomic E-state index is -1.06. The molecule has 0 aliphatic carbocycles. The predicted octanol–water partition coefficient (Wildman–Crippen LogP) is 4.41. The zero-order chi connectivity index (χ0) is 20.3. The normalized spacial score (nSPS) is 16.6. The van der Waals surface area contributed by atoms with Gasteiger partial charge in [-0.15, -0.1) is 0 Å². The number of carboxylic acids is 1. The van der Waals surface area contributed by atoms with Crippen molar-refractivity contribution in [1.29, 1.82) is 0 Å². The third kappa shape index (κ3) is 4.13. The van der Waals surface area contributed by atoms with Crippen LogP contribution in [0.1, 0.15) is 25.5 Å². The van der Waals surface area contributed by atoms with Gasteiger partial charge in [-0.2, -0.15) is 0 Å². The lowest BCUT2D eigenvalue weighted by molar-refractivity contribution is -0.145. The Bertz CT molecular complexity index is 932. The Labute approximate surface area is 172 Å². The number of amides is 1. The summed E-state index contributed by atoms with van der Waals surface area (Å²) in [7, 11) is 1.60. The molecule has 0 unspecified atom stereocenters. The fourth-order valence-corrected chi connectivity index (χ4v) is 4.19. The molecule has 1 saturated heterocycles. The molecule has 1 aromatic carbocycles. The SMILES string of the molecule is CCC[C@@H](C(=O)O)N1C(=O)/C(=C\c2ccc(-c3ccc(OC)cc3)o2)SC1=S. The molecule has 0 radical (unpaired) electrons. The zero-order valence-electron chi connectivity index (χ0n) is 15.4. The second-order valence-corrected chi connectivity index (χ2v) is 7.80. The number of carbonyl (C=O) groups excluding carboxylic acids is 1. The van der Waals surface area contributed by atoms with Crippen molar-refractivity contribution in [3.05, 3.63) is 47.1 Å². The van der Waals surface area contributed by atoms with Gasteiger partial charge in [0.05, 0.1) is 12.0 Å². The minimum absolute atomic E-state index is 0.249. The van der Waals surface area contributed by atoms with E-state index in [1.165, 1.54) is 4.90 Å². The number of nitrogens with zero attached hydrogens (tertiary/aromatic N) is 1. The molecule has 0 spiro atoms. The molecule has 1 atom stereocenters. The Kier molecular flexibility index (Phi) is 6.21. The standard InChI is InChI=1S/C20H19NO5S2/c1-3-4-15(19(23)24)21-18(22)17(28-20(21)27)11-14-9-10-16(26-14)12-5-7-13(25-2)8-6-12/h5-11,15H,3-4H2,1-2H3,(H,23,24)/b17-11+/t15-/m0/s1. The molecule has 1 N–H and O–H groups in total. The van der Waals surface area contributed by atoms with Gasteiger partial charge in [-0.1, -0.05) is 37.3 Å². The van der Waals surface area contributed by atoms with Gasteiger partial charge in [0.15, 0.2) is 0 Å². The Morgan fingerprint density at radius 2 is 2.04 bits per heavy atom. The van der Waals surface area contributed by atoms with Crippen LogP contribution in [0.15, 0.2) is 45.7 Å². The van der Waals surface area contributed by atoms with Crippen molar-refractivity contribution >= 4 is 46.3 Å². The van der Waals surface area contributed by atoms with E-state index in [4.69, 9.17) is 21.4 Å². The number of hydrogen-bond acceptors (Lipinski definition) is 6. The molecule has 8 heteroatoms. The van der Waals surface area contributed by atoms with Crippen LogP contribution in [0, 0.1) is 0 Å². The van der Waals surface area contributed by atoms with E-state index in [1.807, 2.05) is 37.3 Å². The van der Waals surface area contributed by atoms with Crippen molar-refractivity contribution in [2.24, 2.45) is 0 Å². The number of thioether (sulfide) groups is 1. The number of carbonyl (C=O) groups is 2. The predicted molar refractivity (Wildman–Crippen MR) is 112 cm³/mol. The number of benzene rings is 1. The third-order valence-electron chi connectivity index (χ3n) is 4.26. The Balaban J connectivity index is 1.82. The highest BCUT2D eigenvalue weighted by molar-refractivity contribution is 8.26. The molecule has 1 aliphatic rings. The molecular weight excluding hydrogens is 398 g/mol. The maximum Gasteiger partial charge on any atom is 0.326 e. The summed E-state index contributed by atoms with van der Waals surface area (Å²) in [6.45, 7) is 1.87. The molecule has 1 aliphatic heterocycles.